The van der Waals surface area contributed by atoms with Crippen LogP contribution in [0.4, 0.5) is 0 Å². The smallest absolute Gasteiger partial charge is 0.336 e. The summed E-state index contributed by atoms with van der Waals surface area (Å²) in [6, 6.07) is 15.4. The van der Waals surface area contributed by atoms with E-state index in [1.165, 1.54) is 18.4 Å². The Bertz CT molecular complexity index is 1400. The van der Waals surface area contributed by atoms with Gasteiger partial charge in [-0.2, -0.15) is 0 Å². The zero-order valence-corrected chi connectivity index (χ0v) is 23.3. The average Bonchev–Trinajstić information content (AvgIpc) is 3.41. The molecule has 0 aliphatic carbocycles. The van der Waals surface area contributed by atoms with Gasteiger partial charge in [0.15, 0.2) is 0 Å². The third-order valence-electron chi connectivity index (χ3n) is 6.33. The lowest BCUT2D eigenvalue weighted by Gasteiger charge is -2.31. The minimum Gasteiger partial charge on any atom is -0.497 e. The first-order valence-corrected chi connectivity index (χ1v) is 13.3. The van der Waals surface area contributed by atoms with Gasteiger partial charge >= 0.3 is 11.9 Å². The number of thiazole rings is 1. The van der Waals surface area contributed by atoms with Crippen molar-refractivity contribution in [3.8, 4) is 27.6 Å². The molecule has 2 heterocycles. The molecule has 38 heavy (non-hydrogen) atoms. The highest BCUT2D eigenvalue weighted by Gasteiger charge is 2.39. The summed E-state index contributed by atoms with van der Waals surface area (Å²) in [5, 5.41) is 5.97. The van der Waals surface area contributed by atoms with Crippen LogP contribution in [0.5, 0.6) is 5.75 Å². The van der Waals surface area contributed by atoms with E-state index in [0.29, 0.717) is 22.5 Å². The molecule has 8 heteroatoms. The summed E-state index contributed by atoms with van der Waals surface area (Å²) in [7, 11) is 2.98. The van der Waals surface area contributed by atoms with Crippen molar-refractivity contribution >= 4 is 23.3 Å². The number of allylic oxidation sites excluding steroid dienone is 2. The first-order chi connectivity index (χ1) is 18.2. The Labute approximate surface area is 227 Å². The molecule has 0 amide bonds. The monoisotopic (exact) mass is 532 g/mol. The maximum Gasteiger partial charge on any atom is 0.336 e. The van der Waals surface area contributed by atoms with E-state index in [-0.39, 0.29) is 12.5 Å². The molecule has 3 aromatic rings. The number of dihydropyridines is 1. The number of ether oxygens (including phenoxy) is 3. The highest BCUT2D eigenvalue weighted by atomic mass is 32.1. The molecule has 1 aromatic heterocycles. The number of hydrogen-bond donors (Lipinski definition) is 1. The summed E-state index contributed by atoms with van der Waals surface area (Å²) >= 11 is 1.50. The number of benzene rings is 2. The standard InChI is InChI=1S/C30H32N2O5S/c1-17(2)15-37-30(34)26-19(4)31-18(3)25(29(33)36-6)27(26)22-9-7-8-10-23(22)28-32-24(16-38-28)20-11-13-21(35-5)14-12-20/h7-14,16-17,27,31H,15H2,1-6H3. The fourth-order valence-corrected chi connectivity index (χ4v) is 5.39. The van der Waals surface area contributed by atoms with E-state index in [4.69, 9.17) is 19.2 Å². The molecule has 0 saturated heterocycles. The van der Waals surface area contributed by atoms with Crippen molar-refractivity contribution in [1.29, 1.82) is 0 Å². The highest BCUT2D eigenvalue weighted by molar-refractivity contribution is 7.13. The summed E-state index contributed by atoms with van der Waals surface area (Å²) in [6.07, 6.45) is 0. The molecule has 1 aliphatic rings. The molecular formula is C30H32N2O5S. The van der Waals surface area contributed by atoms with Gasteiger partial charge in [-0.1, -0.05) is 38.1 Å². The molecular weight excluding hydrogens is 500 g/mol. The lowest BCUT2D eigenvalue weighted by atomic mass is 9.78. The van der Waals surface area contributed by atoms with Gasteiger partial charge in [0.05, 0.1) is 43.6 Å². The first-order valence-electron chi connectivity index (χ1n) is 12.4. The Kier molecular flexibility index (Phi) is 8.32. The summed E-state index contributed by atoms with van der Waals surface area (Å²) in [5.74, 6) is -0.707. The quantitative estimate of drug-likeness (QED) is 0.351. The Morgan fingerprint density at radius 1 is 0.974 bits per heavy atom. The second kappa shape index (κ2) is 11.6. The van der Waals surface area contributed by atoms with Gasteiger partial charge in [-0.3, -0.25) is 0 Å². The van der Waals surface area contributed by atoms with Crippen molar-refractivity contribution in [1.82, 2.24) is 10.3 Å². The Morgan fingerprint density at radius 3 is 2.26 bits per heavy atom. The Balaban J connectivity index is 1.83. The van der Waals surface area contributed by atoms with Crippen LogP contribution in [0.1, 0.15) is 39.2 Å². The average molecular weight is 533 g/mol. The van der Waals surface area contributed by atoms with E-state index in [9.17, 15) is 9.59 Å². The fourth-order valence-electron chi connectivity index (χ4n) is 4.51. The molecule has 1 N–H and O–H groups in total. The number of aromatic nitrogens is 1. The van der Waals surface area contributed by atoms with Gasteiger partial charge < -0.3 is 19.5 Å². The molecule has 0 saturated carbocycles. The molecule has 4 rings (SSSR count). The number of nitrogens with zero attached hydrogens (tertiary/aromatic N) is 1. The Morgan fingerprint density at radius 2 is 1.63 bits per heavy atom. The topological polar surface area (TPSA) is 86.8 Å². The maximum absolute atomic E-state index is 13.4. The molecule has 1 aliphatic heterocycles. The maximum atomic E-state index is 13.4. The van der Waals surface area contributed by atoms with Gasteiger partial charge in [0.1, 0.15) is 10.8 Å². The minimum absolute atomic E-state index is 0.172. The molecule has 0 radical (unpaired) electrons. The van der Waals surface area contributed by atoms with Gasteiger partial charge in [-0.15, -0.1) is 11.3 Å². The van der Waals surface area contributed by atoms with Crippen LogP contribution in [-0.4, -0.2) is 37.7 Å². The molecule has 0 fully saturated rings. The van der Waals surface area contributed by atoms with Crippen molar-refractivity contribution in [3.63, 3.8) is 0 Å². The molecule has 7 nitrogen and oxygen atoms in total. The summed E-state index contributed by atoms with van der Waals surface area (Å²) in [4.78, 5) is 31.4. The zero-order chi connectivity index (χ0) is 27.4. The van der Waals surface area contributed by atoms with E-state index in [1.807, 2.05) is 81.6 Å². The Hall–Kier alpha value is -3.91. The van der Waals surface area contributed by atoms with Gasteiger partial charge in [-0.25, -0.2) is 14.6 Å². The van der Waals surface area contributed by atoms with E-state index in [2.05, 4.69) is 5.32 Å². The second-order valence-electron chi connectivity index (χ2n) is 9.47. The lowest BCUT2D eigenvalue weighted by molar-refractivity contribution is -0.140. The van der Waals surface area contributed by atoms with E-state index >= 15 is 0 Å². The summed E-state index contributed by atoms with van der Waals surface area (Å²) in [6.45, 7) is 7.87. The lowest BCUT2D eigenvalue weighted by Crippen LogP contribution is -2.32. The van der Waals surface area contributed by atoms with Crippen LogP contribution in [0.3, 0.4) is 0 Å². The van der Waals surface area contributed by atoms with Crippen LogP contribution in [0, 0.1) is 5.92 Å². The molecule has 2 aromatic carbocycles. The van der Waals surface area contributed by atoms with Crippen LogP contribution in [0.25, 0.3) is 21.8 Å². The number of esters is 2. The number of carbonyl (C=O) groups is 2. The number of rotatable bonds is 8. The molecule has 198 valence electrons. The second-order valence-corrected chi connectivity index (χ2v) is 10.3. The van der Waals surface area contributed by atoms with Crippen molar-refractivity contribution < 1.29 is 23.8 Å². The van der Waals surface area contributed by atoms with Crippen LogP contribution >= 0.6 is 11.3 Å². The highest BCUT2D eigenvalue weighted by Crippen LogP contribution is 2.44. The normalized spacial score (nSPS) is 15.4. The van der Waals surface area contributed by atoms with E-state index in [0.717, 1.165) is 33.1 Å². The third kappa shape index (κ3) is 5.50. The van der Waals surface area contributed by atoms with Gasteiger partial charge in [-0.05, 0) is 49.6 Å². The van der Waals surface area contributed by atoms with E-state index < -0.39 is 17.9 Å². The van der Waals surface area contributed by atoms with Gasteiger partial charge in [0.25, 0.3) is 0 Å². The van der Waals surface area contributed by atoms with Crippen LogP contribution < -0.4 is 10.1 Å². The molecule has 0 spiro atoms. The first kappa shape index (κ1) is 27.1. The third-order valence-corrected chi connectivity index (χ3v) is 7.20. The molecule has 1 atom stereocenters. The van der Waals surface area contributed by atoms with Crippen molar-refractivity contribution in [2.75, 3.05) is 20.8 Å². The van der Waals surface area contributed by atoms with Crippen LogP contribution in [0.2, 0.25) is 0 Å². The largest absolute Gasteiger partial charge is 0.497 e. The zero-order valence-electron chi connectivity index (χ0n) is 22.5. The predicted molar refractivity (Wildman–Crippen MR) is 149 cm³/mol. The van der Waals surface area contributed by atoms with Crippen LogP contribution in [0.15, 0.2) is 76.5 Å². The number of hydrogen-bond acceptors (Lipinski definition) is 8. The summed E-state index contributed by atoms with van der Waals surface area (Å²) < 4.78 is 16.1. The number of methoxy groups -OCH3 is 2. The molecule has 1 unspecified atom stereocenters. The fraction of sp³-hybridized carbons (Fsp3) is 0.300. The SMILES string of the molecule is COC(=O)C1=C(C)NC(C)=C(C(=O)OCC(C)C)C1c1ccccc1-c1nc(-c2ccc(OC)cc2)cs1. The van der Waals surface area contributed by atoms with Crippen molar-refractivity contribution in [2.24, 2.45) is 5.92 Å². The van der Waals surface area contributed by atoms with Crippen LogP contribution in [-0.2, 0) is 19.1 Å². The van der Waals surface area contributed by atoms with Gasteiger partial charge in [0.2, 0.25) is 0 Å². The number of nitrogens with one attached hydrogen (secondary N) is 1. The van der Waals surface area contributed by atoms with Gasteiger partial charge in [0, 0.05) is 27.9 Å². The molecule has 0 bridgehead atoms. The minimum atomic E-state index is -0.687. The number of carbonyl (C=O) groups excluding carboxylic acids is 2. The van der Waals surface area contributed by atoms with Crippen molar-refractivity contribution in [3.05, 3.63) is 82.0 Å². The predicted octanol–water partition coefficient (Wildman–Crippen LogP) is 6.09. The van der Waals surface area contributed by atoms with Crippen molar-refractivity contribution in [2.45, 2.75) is 33.6 Å². The van der Waals surface area contributed by atoms with E-state index in [1.54, 1.807) is 7.11 Å². The summed E-state index contributed by atoms with van der Waals surface area (Å²) in [5.41, 5.74) is 5.43.